The van der Waals surface area contributed by atoms with Crippen LogP contribution in [0.5, 0.6) is 0 Å². The average Bonchev–Trinajstić information content (AvgIpc) is 3.47. The molecule has 41 heavy (non-hydrogen) atoms. The summed E-state index contributed by atoms with van der Waals surface area (Å²) in [5.74, 6) is -1.61. The summed E-state index contributed by atoms with van der Waals surface area (Å²) in [6, 6.07) is 16.0. The van der Waals surface area contributed by atoms with E-state index in [1.54, 1.807) is 13.0 Å². The van der Waals surface area contributed by atoms with Gasteiger partial charge in [0.2, 0.25) is 5.91 Å². The number of hydrogen-bond acceptors (Lipinski definition) is 5. The van der Waals surface area contributed by atoms with Gasteiger partial charge in [0.15, 0.2) is 0 Å². The first-order valence-corrected chi connectivity index (χ1v) is 14.2. The number of rotatable bonds is 11. The van der Waals surface area contributed by atoms with Gasteiger partial charge in [-0.25, -0.2) is 4.39 Å². The second-order valence-corrected chi connectivity index (χ2v) is 10.7. The summed E-state index contributed by atoms with van der Waals surface area (Å²) in [4.78, 5) is 45.5. The van der Waals surface area contributed by atoms with Crippen LogP contribution in [0.2, 0.25) is 0 Å². The normalized spacial score (nSPS) is 17.0. The van der Waals surface area contributed by atoms with Gasteiger partial charge in [-0.3, -0.25) is 19.4 Å². The topological polar surface area (TPSA) is 117 Å². The van der Waals surface area contributed by atoms with Gasteiger partial charge in [-0.2, -0.15) is 0 Å². The Morgan fingerprint density at radius 3 is 2.49 bits per heavy atom. The van der Waals surface area contributed by atoms with Crippen LogP contribution in [0.15, 0.2) is 73.1 Å². The van der Waals surface area contributed by atoms with E-state index in [0.717, 1.165) is 24.8 Å². The van der Waals surface area contributed by atoms with E-state index < -0.39 is 18.0 Å². The van der Waals surface area contributed by atoms with E-state index in [-0.39, 0.29) is 35.1 Å². The minimum Gasteiger partial charge on any atom is -0.347 e. The fraction of sp³-hybridized carbons (Fsp3) is 0.375. The van der Waals surface area contributed by atoms with Gasteiger partial charge in [0.25, 0.3) is 11.8 Å². The molecule has 0 aliphatic carbocycles. The first kappa shape index (κ1) is 29.9. The van der Waals surface area contributed by atoms with Crippen molar-refractivity contribution in [1.82, 2.24) is 15.2 Å². The van der Waals surface area contributed by atoms with Gasteiger partial charge in [-0.15, -0.1) is 0 Å². The fourth-order valence-corrected chi connectivity index (χ4v) is 5.28. The van der Waals surface area contributed by atoms with Crippen molar-refractivity contribution in [3.8, 4) is 0 Å². The van der Waals surface area contributed by atoms with E-state index in [0.29, 0.717) is 30.6 Å². The van der Waals surface area contributed by atoms with Crippen LogP contribution in [0.3, 0.4) is 0 Å². The lowest BCUT2D eigenvalue weighted by molar-refractivity contribution is -0.119. The van der Waals surface area contributed by atoms with E-state index in [2.05, 4.69) is 22.5 Å². The van der Waals surface area contributed by atoms with Crippen molar-refractivity contribution in [2.45, 2.75) is 64.1 Å². The summed E-state index contributed by atoms with van der Waals surface area (Å²) in [6.07, 6.45) is 6.54. The highest BCUT2D eigenvalue weighted by Crippen LogP contribution is 2.22. The van der Waals surface area contributed by atoms with Crippen molar-refractivity contribution in [3.05, 3.63) is 95.6 Å². The number of hydrogen-bond donors (Lipinski definition) is 3. The third kappa shape index (κ3) is 7.98. The molecule has 1 aromatic heterocycles. The molecule has 3 amide bonds. The molecule has 1 aliphatic rings. The molecular weight excluding hydrogens is 521 g/mol. The molecule has 0 bridgehead atoms. The van der Waals surface area contributed by atoms with Crippen molar-refractivity contribution in [2.24, 2.45) is 11.7 Å². The smallest absolute Gasteiger partial charge is 0.255 e. The predicted octanol–water partition coefficient (Wildman–Crippen LogP) is 4.57. The minimum atomic E-state index is -0.555. The zero-order valence-electron chi connectivity index (χ0n) is 23.6. The molecule has 2 aromatic carbocycles. The molecule has 1 aliphatic heterocycles. The zero-order valence-corrected chi connectivity index (χ0v) is 23.6. The molecule has 9 heteroatoms. The number of amides is 3. The quantitative estimate of drug-likeness (QED) is 0.318. The van der Waals surface area contributed by atoms with E-state index in [1.807, 2.05) is 35.2 Å². The number of nitrogens with zero attached hydrogens (tertiary/aromatic N) is 2. The molecule has 0 unspecified atom stereocenters. The SMILES string of the molecule is CC[C@H]1CCCN1C(=O)c1cncc(C(=O)N[C@@H](Cc2ccccc2)[C@@H](N)C[C@@H](C)C(=O)Nc2ccc(F)cc2)c1. The molecule has 0 radical (unpaired) electrons. The largest absolute Gasteiger partial charge is 0.347 e. The van der Waals surface area contributed by atoms with Gasteiger partial charge in [-0.1, -0.05) is 44.2 Å². The van der Waals surface area contributed by atoms with Crippen LogP contribution in [0.1, 0.15) is 65.8 Å². The fourth-order valence-electron chi connectivity index (χ4n) is 5.28. The Balaban J connectivity index is 1.46. The second-order valence-electron chi connectivity index (χ2n) is 10.7. The Labute approximate surface area is 240 Å². The van der Waals surface area contributed by atoms with Gasteiger partial charge in [0, 0.05) is 48.7 Å². The molecular formula is C32H38FN5O3. The third-order valence-corrected chi connectivity index (χ3v) is 7.67. The van der Waals surface area contributed by atoms with Crippen LogP contribution in [0.4, 0.5) is 10.1 Å². The summed E-state index contributed by atoms with van der Waals surface area (Å²) in [5, 5.41) is 5.82. The van der Waals surface area contributed by atoms with Crippen LogP contribution in [0.25, 0.3) is 0 Å². The number of likely N-dealkylation sites (tertiary alicyclic amines) is 1. The van der Waals surface area contributed by atoms with Gasteiger partial charge in [0.1, 0.15) is 5.82 Å². The maximum Gasteiger partial charge on any atom is 0.255 e. The monoisotopic (exact) mass is 559 g/mol. The zero-order chi connectivity index (χ0) is 29.4. The van der Waals surface area contributed by atoms with Crippen molar-refractivity contribution < 1.29 is 18.8 Å². The molecule has 1 saturated heterocycles. The van der Waals surface area contributed by atoms with E-state index in [9.17, 15) is 18.8 Å². The number of carbonyl (C=O) groups excluding carboxylic acids is 3. The Hall–Kier alpha value is -4.11. The van der Waals surface area contributed by atoms with Gasteiger partial charge < -0.3 is 21.3 Å². The predicted molar refractivity (Wildman–Crippen MR) is 157 cm³/mol. The number of halogens is 1. The number of benzene rings is 2. The van der Waals surface area contributed by atoms with Crippen LogP contribution in [-0.2, 0) is 11.2 Å². The number of nitrogens with two attached hydrogens (primary N) is 1. The maximum absolute atomic E-state index is 13.4. The number of aromatic nitrogens is 1. The molecule has 4 rings (SSSR count). The first-order valence-electron chi connectivity index (χ1n) is 14.2. The van der Waals surface area contributed by atoms with E-state index >= 15 is 0 Å². The van der Waals surface area contributed by atoms with Gasteiger partial charge >= 0.3 is 0 Å². The van der Waals surface area contributed by atoms with Crippen molar-refractivity contribution in [1.29, 1.82) is 0 Å². The highest BCUT2D eigenvalue weighted by Gasteiger charge is 2.29. The summed E-state index contributed by atoms with van der Waals surface area (Å²) in [5.41, 5.74) is 8.75. The molecule has 8 nitrogen and oxygen atoms in total. The lowest BCUT2D eigenvalue weighted by Crippen LogP contribution is -2.50. The lowest BCUT2D eigenvalue weighted by Gasteiger charge is -2.27. The number of anilines is 1. The lowest BCUT2D eigenvalue weighted by atomic mass is 9.92. The van der Waals surface area contributed by atoms with Gasteiger partial charge in [0.05, 0.1) is 11.1 Å². The Morgan fingerprint density at radius 2 is 1.78 bits per heavy atom. The minimum absolute atomic E-state index is 0.116. The van der Waals surface area contributed by atoms with E-state index in [1.165, 1.54) is 36.7 Å². The first-order chi connectivity index (χ1) is 19.7. The Bertz CT molecular complexity index is 1330. The molecule has 0 saturated carbocycles. The highest BCUT2D eigenvalue weighted by molar-refractivity contribution is 5.99. The highest BCUT2D eigenvalue weighted by atomic mass is 19.1. The molecule has 0 spiro atoms. The summed E-state index contributed by atoms with van der Waals surface area (Å²) >= 11 is 0. The molecule has 216 valence electrons. The molecule has 4 N–H and O–H groups in total. The average molecular weight is 560 g/mol. The summed E-state index contributed by atoms with van der Waals surface area (Å²) in [7, 11) is 0. The molecule has 4 atom stereocenters. The summed E-state index contributed by atoms with van der Waals surface area (Å²) < 4.78 is 13.2. The summed E-state index contributed by atoms with van der Waals surface area (Å²) in [6.45, 7) is 4.54. The maximum atomic E-state index is 13.4. The number of carbonyl (C=O) groups is 3. The molecule has 3 aromatic rings. The van der Waals surface area contributed by atoms with Crippen molar-refractivity contribution in [2.75, 3.05) is 11.9 Å². The van der Waals surface area contributed by atoms with Crippen LogP contribution < -0.4 is 16.4 Å². The number of pyridine rings is 1. The van der Waals surface area contributed by atoms with Crippen molar-refractivity contribution in [3.63, 3.8) is 0 Å². The van der Waals surface area contributed by atoms with Crippen LogP contribution >= 0.6 is 0 Å². The number of nitrogens with one attached hydrogen (secondary N) is 2. The van der Waals surface area contributed by atoms with E-state index in [4.69, 9.17) is 5.73 Å². The van der Waals surface area contributed by atoms with Crippen molar-refractivity contribution >= 4 is 23.4 Å². The Kier molecular flexibility index (Phi) is 10.2. The molecule has 1 fully saturated rings. The van der Waals surface area contributed by atoms with Crippen LogP contribution in [0, 0.1) is 11.7 Å². The standard InChI is InChI=1S/C32H38FN5O3/c1-3-27-10-7-15-38(27)32(41)24-18-23(19-35-20-24)31(40)37-29(17-22-8-5-4-6-9-22)28(34)16-21(2)30(39)36-26-13-11-25(33)12-14-26/h4-6,8-9,11-14,18-21,27-29H,3,7,10,15-17,34H2,1-2H3,(H,36,39)(H,37,40)/t21-,27+,28+,29+/m1/s1. The second kappa shape index (κ2) is 14.0. The molecule has 2 heterocycles. The third-order valence-electron chi connectivity index (χ3n) is 7.67. The van der Waals surface area contributed by atoms with Gasteiger partial charge in [-0.05, 0) is 68.0 Å². The van der Waals surface area contributed by atoms with Crippen LogP contribution in [-0.4, -0.2) is 52.3 Å². The Morgan fingerprint density at radius 1 is 1.07 bits per heavy atom.